The van der Waals surface area contributed by atoms with Crippen LogP contribution in [0, 0.1) is 6.07 Å². The summed E-state index contributed by atoms with van der Waals surface area (Å²) in [5.41, 5.74) is 16.0. The Bertz CT molecular complexity index is 798. The molecule has 0 aliphatic heterocycles. The van der Waals surface area contributed by atoms with Gasteiger partial charge in [-0.05, 0) is 28.4 Å². The van der Waals surface area contributed by atoms with E-state index in [0.717, 1.165) is 12.5 Å². The largest absolute Gasteiger partial charge is 4.00 e. The van der Waals surface area contributed by atoms with Gasteiger partial charge >= 0.3 is 26.2 Å². The first-order valence-electron chi connectivity index (χ1n) is 11.0. The first kappa shape index (κ1) is 34.2. The number of hydrogen-bond acceptors (Lipinski definition) is 0. The third kappa shape index (κ3) is 9.75. The van der Waals surface area contributed by atoms with Crippen LogP contribution >= 0.6 is 0 Å². The minimum atomic E-state index is -0.483. The van der Waals surface area contributed by atoms with Gasteiger partial charge in [-0.1, -0.05) is 98.3 Å². The molecule has 0 bridgehead atoms. The minimum Gasteiger partial charge on any atom is -1.00 e. The third-order valence-electron chi connectivity index (χ3n) is 5.38. The maximum atomic E-state index is 7.50. The SMILES string of the molecule is CC(C)(C)c1[c-]c2c(cc1)-c1ccc(C(C)(C)C)cc1C2.C[SiH](C)CC(C)(C)[NH-].[Cl-].[Cl-].[Zr+4]. The molecule has 1 N–H and O–H groups in total. The van der Waals surface area contributed by atoms with Crippen molar-refractivity contribution in [1.29, 1.82) is 0 Å². The molecule has 0 unspecified atom stereocenters. The fraction of sp³-hybridized carbons (Fsp3) is 0.556. The number of halogens is 2. The first-order valence-corrected chi connectivity index (χ1v) is 14.1. The fourth-order valence-electron chi connectivity index (χ4n) is 4.05. The monoisotopic (exact) mass is 567 g/mol. The molecule has 1 aliphatic carbocycles. The molecule has 0 spiro atoms. The van der Waals surface area contributed by atoms with Gasteiger partial charge in [0.25, 0.3) is 0 Å². The minimum absolute atomic E-state index is 0. The number of rotatable bonds is 2. The van der Waals surface area contributed by atoms with E-state index in [-0.39, 0.29) is 67.4 Å². The van der Waals surface area contributed by atoms with Gasteiger partial charge in [0, 0.05) is 8.80 Å². The summed E-state index contributed by atoms with van der Waals surface area (Å²) in [6, 6.07) is 16.3. The topological polar surface area (TPSA) is 23.8 Å². The Hall–Kier alpha value is 0.0800. The van der Waals surface area contributed by atoms with Gasteiger partial charge in [-0.3, -0.25) is 0 Å². The van der Waals surface area contributed by atoms with Crippen LogP contribution in [0.25, 0.3) is 16.9 Å². The number of fused-ring (bicyclic) bond motifs is 3. The average molecular weight is 570 g/mol. The summed E-state index contributed by atoms with van der Waals surface area (Å²) in [4.78, 5) is 0. The van der Waals surface area contributed by atoms with Crippen LogP contribution in [0.1, 0.15) is 77.6 Å². The Morgan fingerprint density at radius 3 is 1.78 bits per heavy atom. The van der Waals surface area contributed by atoms with E-state index in [1.165, 1.54) is 33.4 Å². The quantitative estimate of drug-likeness (QED) is 0.333. The van der Waals surface area contributed by atoms with Crippen LogP contribution in [0.2, 0.25) is 19.1 Å². The van der Waals surface area contributed by atoms with E-state index in [0.29, 0.717) is 0 Å². The van der Waals surface area contributed by atoms with Crippen molar-refractivity contribution < 1.29 is 51.0 Å². The van der Waals surface area contributed by atoms with Crippen LogP contribution in [0.15, 0.2) is 30.3 Å². The summed E-state index contributed by atoms with van der Waals surface area (Å²) in [5, 5.41) is 0. The van der Waals surface area contributed by atoms with E-state index in [9.17, 15) is 0 Å². The van der Waals surface area contributed by atoms with Gasteiger partial charge in [0.05, 0.1) is 0 Å². The molecule has 0 fully saturated rings. The van der Waals surface area contributed by atoms with Gasteiger partial charge in [-0.2, -0.15) is 23.8 Å². The van der Waals surface area contributed by atoms with Gasteiger partial charge < -0.3 is 30.5 Å². The number of benzene rings is 2. The van der Waals surface area contributed by atoms with E-state index in [2.05, 4.69) is 91.0 Å². The predicted octanol–water partition coefficient (Wildman–Crippen LogP) is 1.96. The van der Waals surface area contributed by atoms with Gasteiger partial charge in [0.15, 0.2) is 0 Å². The molecular weight excluding hydrogens is 529 g/mol. The van der Waals surface area contributed by atoms with E-state index < -0.39 is 8.80 Å². The Morgan fingerprint density at radius 2 is 1.38 bits per heavy atom. The maximum Gasteiger partial charge on any atom is 4.00 e. The van der Waals surface area contributed by atoms with Crippen molar-refractivity contribution in [3.05, 3.63) is 64.4 Å². The van der Waals surface area contributed by atoms with Gasteiger partial charge in [-0.15, -0.1) is 16.7 Å². The Morgan fingerprint density at radius 1 is 0.844 bits per heavy atom. The van der Waals surface area contributed by atoms with E-state index >= 15 is 0 Å². The molecule has 5 heteroatoms. The molecule has 0 heterocycles. The van der Waals surface area contributed by atoms with Gasteiger partial charge in [0.2, 0.25) is 0 Å². The molecule has 176 valence electrons. The zero-order valence-corrected chi connectivity index (χ0v) is 26.8. The van der Waals surface area contributed by atoms with Crippen molar-refractivity contribution in [3.63, 3.8) is 0 Å². The summed E-state index contributed by atoms with van der Waals surface area (Å²) in [7, 11) is -0.483. The van der Waals surface area contributed by atoms with Gasteiger partial charge in [0.1, 0.15) is 0 Å². The zero-order valence-electron chi connectivity index (χ0n) is 21.6. The third-order valence-corrected chi connectivity index (χ3v) is 7.22. The molecule has 32 heavy (non-hydrogen) atoms. The molecule has 1 aliphatic rings. The van der Waals surface area contributed by atoms with Crippen molar-refractivity contribution in [2.45, 2.75) is 97.3 Å². The molecule has 0 atom stereocenters. The molecule has 3 rings (SSSR count). The van der Waals surface area contributed by atoms with E-state index in [1.807, 2.05) is 13.8 Å². The van der Waals surface area contributed by atoms with Crippen molar-refractivity contribution in [2.75, 3.05) is 0 Å². The maximum absolute atomic E-state index is 7.50. The zero-order chi connectivity index (χ0) is 22.2. The van der Waals surface area contributed by atoms with Crippen molar-refractivity contribution >= 4 is 8.80 Å². The summed E-state index contributed by atoms with van der Waals surface area (Å²) in [5.74, 6) is 0. The van der Waals surface area contributed by atoms with Crippen LogP contribution in [0.5, 0.6) is 0 Å². The molecule has 0 saturated heterocycles. The Kier molecular flexibility index (Phi) is 13.6. The van der Waals surface area contributed by atoms with Crippen molar-refractivity contribution in [1.82, 2.24) is 0 Å². The van der Waals surface area contributed by atoms with Crippen LogP contribution in [0.3, 0.4) is 0 Å². The van der Waals surface area contributed by atoms with Crippen molar-refractivity contribution in [2.24, 2.45) is 0 Å². The van der Waals surface area contributed by atoms with Crippen LogP contribution in [0.4, 0.5) is 0 Å². The standard InChI is InChI=1S/C21H25.C6H16NSi.2ClH.Zr/c1-20(2,3)16-7-9-18-14(12-16)11-15-13-17(21(4,5)6)8-10-19(15)18;1-6(2,7)5-8(3)4;;;/h7-10,12H,11H2,1-6H3;7-8H,5H2,1-4H3;2*1H;/q2*-1;;;+4/p-2. The molecule has 2 aromatic rings. The molecule has 0 radical (unpaired) electrons. The smallest absolute Gasteiger partial charge is 1.00 e. The second-order valence-corrected chi connectivity index (χ2v) is 15.0. The predicted molar refractivity (Wildman–Crippen MR) is 133 cm³/mol. The van der Waals surface area contributed by atoms with Gasteiger partial charge in [-0.25, -0.2) is 0 Å². The van der Waals surface area contributed by atoms with Crippen LogP contribution < -0.4 is 24.8 Å². The van der Waals surface area contributed by atoms with E-state index in [4.69, 9.17) is 5.73 Å². The first-order chi connectivity index (χ1) is 13.1. The molecule has 1 nitrogen and oxygen atoms in total. The second kappa shape index (κ2) is 12.7. The van der Waals surface area contributed by atoms with E-state index in [1.54, 1.807) is 0 Å². The van der Waals surface area contributed by atoms with Crippen molar-refractivity contribution in [3.8, 4) is 11.1 Å². The number of hydrogen-bond donors (Lipinski definition) is 0. The average Bonchev–Trinajstić information content (AvgIpc) is 2.88. The summed E-state index contributed by atoms with van der Waals surface area (Å²) in [6.45, 7) is 22.1. The Balaban J connectivity index is 0. The Labute approximate surface area is 231 Å². The molecule has 0 aromatic heterocycles. The summed E-state index contributed by atoms with van der Waals surface area (Å²) >= 11 is 0. The molecule has 2 aromatic carbocycles. The summed E-state index contributed by atoms with van der Waals surface area (Å²) in [6.07, 6.45) is 1.03. The fourth-order valence-corrected chi connectivity index (χ4v) is 6.09. The van der Waals surface area contributed by atoms with Crippen LogP contribution in [-0.2, 0) is 43.5 Å². The number of nitrogens with one attached hydrogen (secondary N) is 1. The molecule has 0 amide bonds. The molecular formula is C27H41Cl2NSiZr. The normalized spacial score (nSPS) is 12.4. The summed E-state index contributed by atoms with van der Waals surface area (Å²) < 4.78 is 0. The van der Waals surface area contributed by atoms with Crippen LogP contribution in [-0.4, -0.2) is 14.3 Å². The second-order valence-electron chi connectivity index (χ2n) is 11.8. The molecule has 0 saturated carbocycles.